The molecule has 2 atom stereocenters. The van der Waals surface area contributed by atoms with E-state index in [-0.39, 0.29) is 18.8 Å². The van der Waals surface area contributed by atoms with Crippen molar-refractivity contribution >= 4 is 17.3 Å². The van der Waals surface area contributed by atoms with Crippen LogP contribution in [0.5, 0.6) is 0 Å². The molecule has 2 unspecified atom stereocenters. The summed E-state index contributed by atoms with van der Waals surface area (Å²) in [5.74, 6) is -0.880. The molecule has 6 heteroatoms. The van der Waals surface area contributed by atoms with Gasteiger partial charge in [-0.3, -0.25) is 4.90 Å². The highest BCUT2D eigenvalue weighted by atomic mass is 32.1. The molecule has 18 heavy (non-hydrogen) atoms. The van der Waals surface area contributed by atoms with Crippen molar-refractivity contribution in [2.75, 3.05) is 19.7 Å². The quantitative estimate of drug-likeness (QED) is 0.856. The molecule has 5 nitrogen and oxygen atoms in total. The molecule has 1 saturated heterocycles. The maximum atomic E-state index is 10.8. The molecule has 1 aromatic rings. The van der Waals surface area contributed by atoms with Gasteiger partial charge in [-0.25, -0.2) is 4.79 Å². The van der Waals surface area contributed by atoms with E-state index in [0.717, 1.165) is 11.4 Å². The highest BCUT2D eigenvalue weighted by molar-refractivity contribution is 7.13. The molecule has 2 heterocycles. The number of hydrogen-bond acceptors (Lipinski definition) is 5. The second kappa shape index (κ2) is 5.79. The molecule has 1 aliphatic heterocycles. The van der Waals surface area contributed by atoms with Gasteiger partial charge in [0, 0.05) is 24.5 Å². The zero-order chi connectivity index (χ0) is 13.1. The molecule has 0 saturated carbocycles. The lowest BCUT2D eigenvalue weighted by Gasteiger charge is -2.35. The van der Waals surface area contributed by atoms with E-state index in [9.17, 15) is 4.79 Å². The summed E-state index contributed by atoms with van der Waals surface area (Å²) in [5.41, 5.74) is 0. The first-order chi connectivity index (χ1) is 8.58. The summed E-state index contributed by atoms with van der Waals surface area (Å²) in [4.78, 5) is 14.4. The Morgan fingerprint density at radius 3 is 2.94 bits per heavy atom. The molecule has 0 aliphatic carbocycles. The number of carbonyl (C=O) groups is 1. The molecule has 1 fully saturated rings. The fourth-order valence-corrected chi connectivity index (χ4v) is 3.06. The first-order valence-electron chi connectivity index (χ1n) is 5.89. The van der Waals surface area contributed by atoms with Gasteiger partial charge in [0.2, 0.25) is 0 Å². The van der Waals surface area contributed by atoms with E-state index in [1.54, 1.807) is 6.07 Å². The van der Waals surface area contributed by atoms with Crippen LogP contribution in [-0.4, -0.2) is 53.0 Å². The molecule has 1 aromatic heterocycles. The lowest BCUT2D eigenvalue weighted by atomic mass is 10.2. The minimum absolute atomic E-state index is 0.0195. The smallest absolute Gasteiger partial charge is 0.345 e. The number of morpholine rings is 1. The Balaban J connectivity index is 1.97. The average molecular weight is 271 g/mol. The van der Waals surface area contributed by atoms with Crippen molar-refractivity contribution in [1.82, 2.24) is 4.90 Å². The number of ether oxygens (including phenoxy) is 1. The highest BCUT2D eigenvalue weighted by Gasteiger charge is 2.25. The molecule has 2 rings (SSSR count). The van der Waals surface area contributed by atoms with E-state index in [4.69, 9.17) is 14.9 Å². The number of aliphatic hydroxyl groups excluding tert-OH is 1. The molecule has 0 radical (unpaired) electrons. The maximum absolute atomic E-state index is 10.8. The normalized spacial score (nSPS) is 25.2. The van der Waals surface area contributed by atoms with Crippen LogP contribution in [0.25, 0.3) is 0 Å². The molecule has 0 spiro atoms. The molecule has 2 N–H and O–H groups in total. The third kappa shape index (κ3) is 3.29. The second-order valence-electron chi connectivity index (χ2n) is 4.52. The number of nitrogens with zero attached hydrogens (tertiary/aromatic N) is 1. The monoisotopic (exact) mass is 271 g/mol. The fourth-order valence-electron chi connectivity index (χ4n) is 2.17. The molecule has 0 aromatic carbocycles. The maximum Gasteiger partial charge on any atom is 0.345 e. The zero-order valence-electron chi connectivity index (χ0n) is 10.2. The fraction of sp³-hybridized carbons (Fsp3) is 0.583. The minimum Gasteiger partial charge on any atom is -0.477 e. The van der Waals surface area contributed by atoms with Crippen LogP contribution in [0, 0.1) is 0 Å². The van der Waals surface area contributed by atoms with Crippen LogP contribution in [-0.2, 0) is 11.3 Å². The number of rotatable bonds is 4. The second-order valence-corrected chi connectivity index (χ2v) is 5.68. The largest absolute Gasteiger partial charge is 0.477 e. The van der Waals surface area contributed by atoms with Crippen LogP contribution in [0.2, 0.25) is 0 Å². The standard InChI is InChI=1S/C12H17NO4S/c1-8-4-13(5-9(7-14)17-8)6-10-2-3-11(18-10)12(15)16/h2-3,8-9,14H,4-7H2,1H3,(H,15,16). The Kier molecular flexibility index (Phi) is 4.34. The summed E-state index contributed by atoms with van der Waals surface area (Å²) in [6.45, 7) is 4.19. The van der Waals surface area contributed by atoms with Gasteiger partial charge >= 0.3 is 5.97 Å². The first-order valence-corrected chi connectivity index (χ1v) is 6.71. The van der Waals surface area contributed by atoms with Gasteiger partial charge in [-0.1, -0.05) is 0 Å². The molecular formula is C12H17NO4S. The number of thiophene rings is 1. The van der Waals surface area contributed by atoms with E-state index >= 15 is 0 Å². The Morgan fingerprint density at radius 1 is 1.56 bits per heavy atom. The third-order valence-electron chi connectivity index (χ3n) is 2.86. The van der Waals surface area contributed by atoms with Crippen molar-refractivity contribution in [3.05, 3.63) is 21.9 Å². The summed E-state index contributed by atoms with van der Waals surface area (Å²) in [5, 5.41) is 18.0. The van der Waals surface area contributed by atoms with E-state index in [1.165, 1.54) is 11.3 Å². The Labute approximate surface area is 110 Å². The van der Waals surface area contributed by atoms with Gasteiger partial charge in [-0.05, 0) is 19.1 Å². The van der Waals surface area contributed by atoms with Crippen molar-refractivity contribution in [2.45, 2.75) is 25.7 Å². The van der Waals surface area contributed by atoms with Gasteiger partial charge in [0.1, 0.15) is 4.88 Å². The Bertz CT molecular complexity index is 420. The van der Waals surface area contributed by atoms with E-state index in [2.05, 4.69) is 4.90 Å². The van der Waals surface area contributed by atoms with Crippen LogP contribution in [0.15, 0.2) is 12.1 Å². The minimum atomic E-state index is -0.880. The number of carboxylic acids is 1. The summed E-state index contributed by atoms with van der Waals surface area (Å²) < 4.78 is 5.56. The van der Waals surface area contributed by atoms with Crippen molar-refractivity contribution < 1.29 is 19.7 Å². The highest BCUT2D eigenvalue weighted by Crippen LogP contribution is 2.20. The summed E-state index contributed by atoms with van der Waals surface area (Å²) in [6, 6.07) is 3.48. The predicted molar refractivity (Wildman–Crippen MR) is 68.0 cm³/mol. The molecule has 1 aliphatic rings. The molecule has 100 valence electrons. The number of aliphatic hydroxyl groups is 1. The summed E-state index contributed by atoms with van der Waals surface area (Å²) in [7, 11) is 0. The molecule has 0 amide bonds. The topological polar surface area (TPSA) is 70.0 Å². The van der Waals surface area contributed by atoms with Crippen LogP contribution in [0.3, 0.4) is 0 Å². The number of carboxylic acid groups (broad SMARTS) is 1. The van der Waals surface area contributed by atoms with E-state index in [1.807, 2.05) is 13.0 Å². The summed E-state index contributed by atoms with van der Waals surface area (Å²) >= 11 is 1.30. The zero-order valence-corrected chi connectivity index (χ0v) is 11.0. The molecular weight excluding hydrogens is 254 g/mol. The van der Waals surface area contributed by atoms with Gasteiger partial charge in [0.25, 0.3) is 0 Å². The van der Waals surface area contributed by atoms with Crippen molar-refractivity contribution in [3.63, 3.8) is 0 Å². The van der Waals surface area contributed by atoms with Crippen molar-refractivity contribution in [1.29, 1.82) is 0 Å². The number of hydrogen-bond donors (Lipinski definition) is 2. The van der Waals surface area contributed by atoms with Crippen LogP contribution in [0.1, 0.15) is 21.5 Å². The van der Waals surface area contributed by atoms with Gasteiger partial charge in [-0.2, -0.15) is 0 Å². The van der Waals surface area contributed by atoms with Crippen LogP contribution < -0.4 is 0 Å². The average Bonchev–Trinajstić information content (AvgIpc) is 2.76. The van der Waals surface area contributed by atoms with Crippen LogP contribution in [0.4, 0.5) is 0 Å². The SMILES string of the molecule is CC1CN(Cc2ccc(C(=O)O)s2)CC(CO)O1. The lowest BCUT2D eigenvalue weighted by Crippen LogP contribution is -2.47. The van der Waals surface area contributed by atoms with Crippen molar-refractivity contribution in [3.8, 4) is 0 Å². The third-order valence-corrected chi connectivity index (χ3v) is 3.92. The van der Waals surface area contributed by atoms with Crippen molar-refractivity contribution in [2.24, 2.45) is 0 Å². The van der Waals surface area contributed by atoms with Gasteiger partial charge in [0.05, 0.1) is 18.8 Å². The van der Waals surface area contributed by atoms with Gasteiger partial charge in [0.15, 0.2) is 0 Å². The predicted octanol–water partition coefficient (Wildman–Crippen LogP) is 1.03. The number of aromatic carboxylic acids is 1. The van der Waals surface area contributed by atoms with Gasteiger partial charge in [-0.15, -0.1) is 11.3 Å². The first kappa shape index (κ1) is 13.5. The van der Waals surface area contributed by atoms with Crippen LogP contribution >= 0.6 is 11.3 Å². The Morgan fingerprint density at radius 2 is 2.33 bits per heavy atom. The van der Waals surface area contributed by atoms with Gasteiger partial charge < -0.3 is 14.9 Å². The lowest BCUT2D eigenvalue weighted by molar-refractivity contribution is -0.0970. The Hall–Kier alpha value is -0.950. The molecule has 0 bridgehead atoms. The van der Waals surface area contributed by atoms with E-state index in [0.29, 0.717) is 18.0 Å². The summed E-state index contributed by atoms with van der Waals surface area (Å²) in [6.07, 6.45) is -0.0533. The van der Waals surface area contributed by atoms with E-state index < -0.39 is 5.97 Å².